The Kier molecular flexibility index (Phi) is 4.06. The maximum atomic E-state index is 10.5. The number of hydrogen-bond donors (Lipinski definition) is 2. The number of benzene rings is 1. The summed E-state index contributed by atoms with van der Waals surface area (Å²) in [6.45, 7) is 0.695. The van der Waals surface area contributed by atoms with Crippen LogP contribution in [0.25, 0.3) is 0 Å². The summed E-state index contributed by atoms with van der Waals surface area (Å²) in [5, 5.41) is 14.6. The lowest BCUT2D eigenvalue weighted by Gasteiger charge is -2.10. The van der Waals surface area contributed by atoms with E-state index in [1.165, 1.54) is 16.9 Å². The number of ether oxygens (including phenoxy) is 1. The highest BCUT2D eigenvalue weighted by Crippen LogP contribution is 2.28. The van der Waals surface area contributed by atoms with Crippen molar-refractivity contribution in [1.82, 2.24) is 4.98 Å². The lowest BCUT2D eigenvalue weighted by Crippen LogP contribution is -2.23. The van der Waals surface area contributed by atoms with Gasteiger partial charge in [-0.3, -0.25) is 4.79 Å². The molecule has 6 heteroatoms. The minimum atomic E-state index is -0.797. The number of nitrogens with zero attached hydrogens (tertiary/aromatic N) is 1. The van der Waals surface area contributed by atoms with Crippen molar-refractivity contribution in [1.29, 1.82) is 0 Å². The second-order valence-electron chi connectivity index (χ2n) is 4.97. The normalized spacial score (nSPS) is 16.3. The molecule has 110 valence electrons. The number of carboxylic acids is 1. The molecule has 1 aromatic carbocycles. The summed E-state index contributed by atoms with van der Waals surface area (Å²) in [6, 6.07) is 8.07. The van der Waals surface area contributed by atoms with E-state index in [1.54, 1.807) is 0 Å². The summed E-state index contributed by atoms with van der Waals surface area (Å²) in [4.78, 5) is 14.9. The van der Waals surface area contributed by atoms with Crippen LogP contribution in [0.2, 0.25) is 0 Å². The lowest BCUT2D eigenvalue weighted by atomic mass is 10.1. The third-order valence-corrected chi connectivity index (χ3v) is 4.19. The lowest BCUT2D eigenvalue weighted by molar-refractivity contribution is -0.136. The molecule has 1 aliphatic heterocycles. The number of anilines is 1. The Morgan fingerprint density at radius 3 is 3.14 bits per heavy atom. The first-order valence-electron chi connectivity index (χ1n) is 6.85. The van der Waals surface area contributed by atoms with Crippen LogP contribution in [-0.2, 0) is 17.6 Å². The average Bonchev–Trinajstić information content (AvgIpc) is 3.09. The largest absolute Gasteiger partial charge is 0.488 e. The fourth-order valence-corrected chi connectivity index (χ4v) is 3.06. The van der Waals surface area contributed by atoms with Gasteiger partial charge in [-0.2, -0.15) is 0 Å². The van der Waals surface area contributed by atoms with E-state index in [0.29, 0.717) is 13.0 Å². The molecule has 3 rings (SSSR count). The molecule has 0 radical (unpaired) electrons. The fraction of sp³-hybridized carbons (Fsp3) is 0.333. The third-order valence-electron chi connectivity index (χ3n) is 3.34. The number of carboxylic acid groups (broad SMARTS) is 1. The Hall–Kier alpha value is -2.08. The van der Waals surface area contributed by atoms with Crippen LogP contribution in [0.1, 0.15) is 17.7 Å². The van der Waals surface area contributed by atoms with Gasteiger partial charge in [-0.15, -0.1) is 11.3 Å². The highest BCUT2D eigenvalue weighted by molar-refractivity contribution is 7.13. The SMILES string of the molecule is O=C(O)CCc1csc(NCC2Cc3ccccc3O2)n1. The Morgan fingerprint density at radius 1 is 1.48 bits per heavy atom. The smallest absolute Gasteiger partial charge is 0.303 e. The molecule has 0 saturated heterocycles. The Labute approximate surface area is 126 Å². The van der Waals surface area contributed by atoms with Gasteiger partial charge in [0.15, 0.2) is 5.13 Å². The number of rotatable bonds is 6. The van der Waals surface area contributed by atoms with Gasteiger partial charge in [0.2, 0.25) is 0 Å². The molecule has 1 aliphatic rings. The van der Waals surface area contributed by atoms with E-state index >= 15 is 0 Å². The molecule has 0 spiro atoms. The van der Waals surface area contributed by atoms with Gasteiger partial charge in [0.05, 0.1) is 18.7 Å². The van der Waals surface area contributed by atoms with Crippen LogP contribution in [0.15, 0.2) is 29.6 Å². The second kappa shape index (κ2) is 6.13. The minimum absolute atomic E-state index is 0.115. The summed E-state index contributed by atoms with van der Waals surface area (Å²) in [5.41, 5.74) is 2.06. The number of carbonyl (C=O) groups is 1. The summed E-state index contributed by atoms with van der Waals surface area (Å²) >= 11 is 1.50. The van der Waals surface area contributed by atoms with Crippen LogP contribution >= 0.6 is 11.3 Å². The van der Waals surface area contributed by atoms with E-state index in [1.807, 2.05) is 23.6 Å². The topological polar surface area (TPSA) is 71.5 Å². The van der Waals surface area contributed by atoms with Crippen LogP contribution in [-0.4, -0.2) is 28.7 Å². The van der Waals surface area contributed by atoms with Crippen molar-refractivity contribution in [2.45, 2.75) is 25.4 Å². The van der Waals surface area contributed by atoms with Crippen LogP contribution in [0.3, 0.4) is 0 Å². The number of nitrogens with one attached hydrogen (secondary N) is 1. The maximum absolute atomic E-state index is 10.5. The first-order valence-corrected chi connectivity index (χ1v) is 7.73. The van der Waals surface area contributed by atoms with Crippen LogP contribution in [0.5, 0.6) is 5.75 Å². The molecular formula is C15H16N2O3S. The summed E-state index contributed by atoms with van der Waals surface area (Å²) in [6.07, 6.45) is 1.61. The number of para-hydroxylation sites is 1. The zero-order chi connectivity index (χ0) is 14.7. The van der Waals surface area contributed by atoms with Crippen molar-refractivity contribution in [3.05, 3.63) is 40.9 Å². The highest BCUT2D eigenvalue weighted by atomic mass is 32.1. The number of thiazole rings is 1. The van der Waals surface area contributed by atoms with E-state index in [-0.39, 0.29) is 12.5 Å². The molecule has 5 nitrogen and oxygen atoms in total. The highest BCUT2D eigenvalue weighted by Gasteiger charge is 2.22. The van der Waals surface area contributed by atoms with Crippen molar-refractivity contribution in [2.75, 3.05) is 11.9 Å². The van der Waals surface area contributed by atoms with E-state index in [9.17, 15) is 4.79 Å². The molecule has 0 bridgehead atoms. The first kappa shape index (κ1) is 13.9. The summed E-state index contributed by atoms with van der Waals surface area (Å²) in [5.74, 6) is 0.167. The molecular weight excluding hydrogens is 288 g/mol. The van der Waals surface area contributed by atoms with Gasteiger partial charge in [0, 0.05) is 18.2 Å². The standard InChI is InChI=1S/C15H16N2O3S/c18-14(19)6-5-11-9-21-15(17-11)16-8-12-7-10-3-1-2-4-13(10)20-12/h1-4,9,12H,5-8H2,(H,16,17)(H,18,19). The van der Waals surface area contributed by atoms with Crippen molar-refractivity contribution in [3.8, 4) is 5.75 Å². The number of fused-ring (bicyclic) bond motifs is 1. The van der Waals surface area contributed by atoms with Gasteiger partial charge >= 0.3 is 5.97 Å². The van der Waals surface area contributed by atoms with Gasteiger partial charge < -0.3 is 15.2 Å². The minimum Gasteiger partial charge on any atom is -0.488 e. The van der Waals surface area contributed by atoms with E-state index in [0.717, 1.165) is 23.0 Å². The van der Waals surface area contributed by atoms with Crippen LogP contribution in [0.4, 0.5) is 5.13 Å². The van der Waals surface area contributed by atoms with Gasteiger partial charge in [-0.1, -0.05) is 18.2 Å². The Balaban J connectivity index is 1.49. The molecule has 0 saturated carbocycles. The second-order valence-corrected chi connectivity index (χ2v) is 5.83. The molecule has 2 heterocycles. The van der Waals surface area contributed by atoms with E-state index in [2.05, 4.69) is 16.4 Å². The summed E-state index contributed by atoms with van der Waals surface area (Å²) in [7, 11) is 0. The first-order chi connectivity index (χ1) is 10.2. The van der Waals surface area contributed by atoms with Crippen molar-refractivity contribution in [3.63, 3.8) is 0 Å². The van der Waals surface area contributed by atoms with E-state index < -0.39 is 5.97 Å². The van der Waals surface area contributed by atoms with Gasteiger partial charge in [0.25, 0.3) is 0 Å². The quantitative estimate of drug-likeness (QED) is 0.858. The monoisotopic (exact) mass is 304 g/mol. The molecule has 2 aromatic rings. The van der Waals surface area contributed by atoms with Crippen molar-refractivity contribution >= 4 is 22.4 Å². The molecule has 1 unspecified atom stereocenters. The fourth-order valence-electron chi connectivity index (χ4n) is 2.31. The number of hydrogen-bond acceptors (Lipinski definition) is 5. The van der Waals surface area contributed by atoms with Gasteiger partial charge in [-0.25, -0.2) is 4.98 Å². The molecule has 2 N–H and O–H groups in total. The zero-order valence-corrected chi connectivity index (χ0v) is 12.2. The number of aliphatic carboxylic acids is 1. The predicted octanol–water partition coefficient (Wildman–Crippen LogP) is 2.58. The van der Waals surface area contributed by atoms with Crippen LogP contribution < -0.4 is 10.1 Å². The van der Waals surface area contributed by atoms with Crippen LogP contribution in [0, 0.1) is 0 Å². The summed E-state index contributed by atoms with van der Waals surface area (Å²) < 4.78 is 5.85. The molecule has 1 atom stereocenters. The predicted molar refractivity (Wildman–Crippen MR) is 81.1 cm³/mol. The maximum Gasteiger partial charge on any atom is 0.303 e. The number of aromatic nitrogens is 1. The Bertz CT molecular complexity index is 616. The van der Waals surface area contributed by atoms with Gasteiger partial charge in [-0.05, 0) is 11.6 Å². The Morgan fingerprint density at radius 2 is 2.33 bits per heavy atom. The molecule has 1 aromatic heterocycles. The molecule has 0 amide bonds. The molecule has 0 aliphatic carbocycles. The average molecular weight is 304 g/mol. The number of aryl methyl sites for hydroxylation is 1. The van der Waals surface area contributed by atoms with Crippen molar-refractivity contribution < 1.29 is 14.6 Å². The zero-order valence-electron chi connectivity index (χ0n) is 11.4. The third kappa shape index (κ3) is 3.52. The van der Waals surface area contributed by atoms with Crippen molar-refractivity contribution in [2.24, 2.45) is 0 Å². The van der Waals surface area contributed by atoms with Gasteiger partial charge in [0.1, 0.15) is 11.9 Å². The molecule has 0 fully saturated rings. The van der Waals surface area contributed by atoms with E-state index in [4.69, 9.17) is 9.84 Å². The molecule has 21 heavy (non-hydrogen) atoms.